The normalized spacial score (nSPS) is 11.5. The van der Waals surface area contributed by atoms with Crippen LogP contribution < -0.4 is 15.4 Å². The van der Waals surface area contributed by atoms with Gasteiger partial charge in [0, 0.05) is 11.4 Å². The van der Waals surface area contributed by atoms with E-state index in [-0.39, 0.29) is 5.91 Å². The summed E-state index contributed by atoms with van der Waals surface area (Å²) in [7, 11) is 0. The van der Waals surface area contributed by atoms with Crippen molar-refractivity contribution in [2.24, 2.45) is 0 Å². The third-order valence-corrected chi connectivity index (χ3v) is 4.52. The predicted octanol–water partition coefficient (Wildman–Crippen LogP) is 5.49. The molecule has 4 nitrogen and oxygen atoms in total. The standard InChI is InChI=1S/C24H26N2O2/c1-4-28-21-14-12-20(13-15-21)25-23(19-8-6-5-7-9-19)24(27)26-22-16-17(2)10-11-18(22)3/h5-16,23,25H,4H2,1-3H3,(H,26,27)/t23-/m0/s1. The predicted molar refractivity (Wildman–Crippen MR) is 115 cm³/mol. The SMILES string of the molecule is CCOc1ccc(N[C@H](C(=O)Nc2cc(C)ccc2C)c2ccccc2)cc1. The summed E-state index contributed by atoms with van der Waals surface area (Å²) in [4.78, 5) is 13.2. The number of anilines is 2. The molecule has 1 amide bonds. The van der Waals surface area contributed by atoms with E-state index in [0.29, 0.717) is 6.61 Å². The second kappa shape index (κ2) is 9.09. The molecule has 1 atom stereocenters. The van der Waals surface area contributed by atoms with E-state index in [1.807, 2.05) is 93.6 Å². The highest BCUT2D eigenvalue weighted by Gasteiger charge is 2.21. The van der Waals surface area contributed by atoms with Crippen molar-refractivity contribution < 1.29 is 9.53 Å². The van der Waals surface area contributed by atoms with Crippen molar-refractivity contribution in [3.05, 3.63) is 89.5 Å². The molecule has 3 rings (SSSR count). The quantitative estimate of drug-likeness (QED) is 0.574. The van der Waals surface area contributed by atoms with Gasteiger partial charge in [0.25, 0.3) is 5.91 Å². The van der Waals surface area contributed by atoms with Crippen LogP contribution >= 0.6 is 0 Å². The average Bonchev–Trinajstić information content (AvgIpc) is 2.71. The topological polar surface area (TPSA) is 50.4 Å². The molecule has 0 aliphatic rings. The Balaban J connectivity index is 1.84. The lowest BCUT2D eigenvalue weighted by Gasteiger charge is -2.21. The Bertz CT molecular complexity index is 921. The minimum Gasteiger partial charge on any atom is -0.494 e. The summed E-state index contributed by atoms with van der Waals surface area (Å²) < 4.78 is 5.49. The van der Waals surface area contributed by atoms with Crippen molar-refractivity contribution in [2.75, 3.05) is 17.2 Å². The molecule has 0 aliphatic carbocycles. The fourth-order valence-corrected chi connectivity index (χ4v) is 3.00. The zero-order valence-electron chi connectivity index (χ0n) is 16.5. The summed E-state index contributed by atoms with van der Waals surface area (Å²) >= 11 is 0. The van der Waals surface area contributed by atoms with Crippen molar-refractivity contribution in [1.82, 2.24) is 0 Å². The van der Waals surface area contributed by atoms with Crippen LogP contribution in [-0.4, -0.2) is 12.5 Å². The molecular weight excluding hydrogens is 348 g/mol. The van der Waals surface area contributed by atoms with Gasteiger partial charge in [0.05, 0.1) is 6.61 Å². The van der Waals surface area contributed by atoms with Crippen molar-refractivity contribution in [2.45, 2.75) is 26.8 Å². The molecule has 3 aromatic carbocycles. The lowest BCUT2D eigenvalue weighted by molar-refractivity contribution is -0.117. The molecule has 0 saturated heterocycles. The number of benzene rings is 3. The molecule has 3 aromatic rings. The van der Waals surface area contributed by atoms with Crippen LogP contribution in [0.25, 0.3) is 0 Å². The third-order valence-electron chi connectivity index (χ3n) is 4.52. The van der Waals surface area contributed by atoms with Gasteiger partial charge in [-0.3, -0.25) is 4.79 Å². The lowest BCUT2D eigenvalue weighted by Crippen LogP contribution is -2.27. The van der Waals surface area contributed by atoms with Gasteiger partial charge in [-0.2, -0.15) is 0 Å². The Morgan fingerprint density at radius 1 is 0.964 bits per heavy atom. The summed E-state index contributed by atoms with van der Waals surface area (Å²) in [5, 5.41) is 6.43. The first kappa shape index (κ1) is 19.5. The van der Waals surface area contributed by atoms with Crippen LogP contribution in [0.15, 0.2) is 72.8 Å². The monoisotopic (exact) mass is 374 g/mol. The van der Waals surface area contributed by atoms with Gasteiger partial charge in [0.1, 0.15) is 11.8 Å². The summed E-state index contributed by atoms with van der Waals surface area (Å²) in [5.74, 6) is 0.706. The minimum atomic E-state index is -0.515. The van der Waals surface area contributed by atoms with E-state index < -0.39 is 6.04 Å². The van der Waals surface area contributed by atoms with Gasteiger partial charge in [0.2, 0.25) is 0 Å². The van der Waals surface area contributed by atoms with E-state index in [2.05, 4.69) is 10.6 Å². The van der Waals surface area contributed by atoms with E-state index in [1.165, 1.54) is 0 Å². The fraction of sp³-hybridized carbons (Fsp3) is 0.208. The molecule has 28 heavy (non-hydrogen) atoms. The molecular formula is C24H26N2O2. The van der Waals surface area contributed by atoms with E-state index in [0.717, 1.165) is 33.8 Å². The summed E-state index contributed by atoms with van der Waals surface area (Å²) in [5.41, 5.74) is 4.73. The molecule has 0 aliphatic heterocycles. The van der Waals surface area contributed by atoms with Crippen LogP contribution in [0.1, 0.15) is 29.7 Å². The van der Waals surface area contributed by atoms with Gasteiger partial charge in [-0.25, -0.2) is 0 Å². The van der Waals surface area contributed by atoms with E-state index in [9.17, 15) is 4.79 Å². The van der Waals surface area contributed by atoms with Crippen molar-refractivity contribution in [3.8, 4) is 5.75 Å². The lowest BCUT2D eigenvalue weighted by atomic mass is 10.0. The van der Waals surface area contributed by atoms with Gasteiger partial charge in [-0.1, -0.05) is 42.5 Å². The number of aryl methyl sites for hydroxylation is 2. The smallest absolute Gasteiger partial charge is 0.251 e. The molecule has 0 fully saturated rings. The average molecular weight is 374 g/mol. The molecule has 0 saturated carbocycles. The number of amides is 1. The second-order valence-electron chi connectivity index (χ2n) is 6.75. The second-order valence-corrected chi connectivity index (χ2v) is 6.75. The van der Waals surface area contributed by atoms with Crippen LogP contribution in [0.4, 0.5) is 11.4 Å². The van der Waals surface area contributed by atoms with Gasteiger partial charge in [-0.05, 0) is 67.8 Å². The Morgan fingerprint density at radius 2 is 1.68 bits per heavy atom. The largest absolute Gasteiger partial charge is 0.494 e. The molecule has 4 heteroatoms. The number of ether oxygens (including phenoxy) is 1. The molecule has 0 unspecified atom stereocenters. The van der Waals surface area contributed by atoms with Crippen molar-refractivity contribution in [1.29, 1.82) is 0 Å². The Kier molecular flexibility index (Phi) is 6.33. The Morgan fingerprint density at radius 3 is 2.36 bits per heavy atom. The van der Waals surface area contributed by atoms with Crippen molar-refractivity contribution >= 4 is 17.3 Å². The van der Waals surface area contributed by atoms with Gasteiger partial charge >= 0.3 is 0 Å². The third kappa shape index (κ3) is 4.92. The van der Waals surface area contributed by atoms with Gasteiger partial charge < -0.3 is 15.4 Å². The molecule has 0 aromatic heterocycles. The zero-order valence-corrected chi connectivity index (χ0v) is 16.5. The van der Waals surface area contributed by atoms with Crippen LogP contribution in [0.3, 0.4) is 0 Å². The maximum Gasteiger partial charge on any atom is 0.251 e. The molecule has 0 bridgehead atoms. The molecule has 0 radical (unpaired) electrons. The van der Waals surface area contributed by atoms with Gasteiger partial charge in [-0.15, -0.1) is 0 Å². The first-order valence-corrected chi connectivity index (χ1v) is 9.49. The number of carbonyl (C=O) groups is 1. The van der Waals surface area contributed by atoms with Gasteiger partial charge in [0.15, 0.2) is 0 Å². The van der Waals surface area contributed by atoms with Crippen LogP contribution in [-0.2, 0) is 4.79 Å². The first-order chi connectivity index (χ1) is 13.6. The van der Waals surface area contributed by atoms with E-state index >= 15 is 0 Å². The van der Waals surface area contributed by atoms with E-state index in [4.69, 9.17) is 4.74 Å². The Labute approximate surface area is 166 Å². The number of hydrogen-bond donors (Lipinski definition) is 2. The van der Waals surface area contributed by atoms with Crippen LogP contribution in [0.2, 0.25) is 0 Å². The summed E-state index contributed by atoms with van der Waals surface area (Å²) in [6.45, 7) is 6.58. The number of carbonyl (C=O) groups excluding carboxylic acids is 1. The molecule has 0 spiro atoms. The fourth-order valence-electron chi connectivity index (χ4n) is 3.00. The molecule has 144 valence electrons. The highest BCUT2D eigenvalue weighted by molar-refractivity contribution is 5.98. The van der Waals surface area contributed by atoms with Crippen LogP contribution in [0, 0.1) is 13.8 Å². The maximum atomic E-state index is 13.2. The molecule has 2 N–H and O–H groups in total. The number of hydrogen-bond acceptors (Lipinski definition) is 3. The summed E-state index contributed by atoms with van der Waals surface area (Å²) in [6, 6.07) is 22.9. The highest BCUT2D eigenvalue weighted by Crippen LogP contribution is 2.25. The molecule has 0 heterocycles. The summed E-state index contributed by atoms with van der Waals surface area (Å²) in [6.07, 6.45) is 0. The zero-order chi connectivity index (χ0) is 19.9. The number of rotatable bonds is 7. The minimum absolute atomic E-state index is 0.103. The van der Waals surface area contributed by atoms with E-state index in [1.54, 1.807) is 0 Å². The van der Waals surface area contributed by atoms with Crippen molar-refractivity contribution in [3.63, 3.8) is 0 Å². The van der Waals surface area contributed by atoms with Crippen LogP contribution in [0.5, 0.6) is 5.75 Å². The number of nitrogens with one attached hydrogen (secondary N) is 2. The maximum absolute atomic E-state index is 13.2. The highest BCUT2D eigenvalue weighted by atomic mass is 16.5. The Hall–Kier alpha value is -3.27. The first-order valence-electron chi connectivity index (χ1n) is 9.49.